The maximum Gasteiger partial charge on any atom is 0.317 e. The third-order valence-electron chi connectivity index (χ3n) is 2.94. The van der Waals surface area contributed by atoms with Crippen molar-refractivity contribution in [3.05, 3.63) is 35.7 Å². The summed E-state index contributed by atoms with van der Waals surface area (Å²) in [5.74, 6) is 0.0696. The molecule has 0 fully saturated rings. The van der Waals surface area contributed by atoms with Crippen LogP contribution in [-0.4, -0.2) is 39.2 Å². The Morgan fingerprint density at radius 2 is 2.05 bits per heavy atom. The van der Waals surface area contributed by atoms with E-state index in [1.54, 1.807) is 4.90 Å². The van der Waals surface area contributed by atoms with Gasteiger partial charge in [-0.3, -0.25) is 9.69 Å². The van der Waals surface area contributed by atoms with Crippen LogP contribution in [0.3, 0.4) is 0 Å². The first-order valence-corrected chi connectivity index (χ1v) is 6.42. The first kappa shape index (κ1) is 14.2. The molecule has 0 aliphatic rings. The fourth-order valence-corrected chi connectivity index (χ4v) is 1.80. The average Bonchev–Trinajstić information content (AvgIpc) is 2.87. The van der Waals surface area contributed by atoms with Gasteiger partial charge in [-0.2, -0.15) is 4.98 Å². The number of carbonyl (C=O) groups is 1. The van der Waals surface area contributed by atoms with Crippen molar-refractivity contribution in [2.24, 2.45) is 0 Å². The minimum absolute atomic E-state index is 0.0429. The zero-order chi connectivity index (χ0) is 14.5. The van der Waals surface area contributed by atoms with Gasteiger partial charge in [0.15, 0.2) is 0 Å². The number of benzene rings is 1. The summed E-state index contributed by atoms with van der Waals surface area (Å²) in [4.78, 5) is 16.7. The fourth-order valence-electron chi connectivity index (χ4n) is 1.80. The summed E-state index contributed by atoms with van der Waals surface area (Å²) >= 11 is 0. The van der Waals surface area contributed by atoms with E-state index in [1.807, 2.05) is 38.1 Å². The highest BCUT2D eigenvalue weighted by Crippen LogP contribution is 2.16. The lowest BCUT2D eigenvalue weighted by Gasteiger charge is -2.14. The lowest BCUT2D eigenvalue weighted by atomic mass is 10.1. The van der Waals surface area contributed by atoms with Gasteiger partial charge in [-0.05, 0) is 13.5 Å². The van der Waals surface area contributed by atoms with E-state index in [2.05, 4.69) is 10.1 Å². The van der Waals surface area contributed by atoms with Crippen LogP contribution in [0, 0.1) is 6.92 Å². The normalized spacial score (nSPS) is 10.9. The Hall–Kier alpha value is -2.21. The summed E-state index contributed by atoms with van der Waals surface area (Å²) in [7, 11) is 0. The van der Waals surface area contributed by atoms with E-state index >= 15 is 0 Å². The van der Waals surface area contributed by atoms with Crippen molar-refractivity contribution in [1.29, 1.82) is 0 Å². The molecular weight excluding hydrogens is 258 g/mol. The molecule has 1 N–H and O–H groups in total. The number of carboxylic acids is 1. The van der Waals surface area contributed by atoms with Gasteiger partial charge in [0.2, 0.25) is 11.7 Å². The zero-order valence-electron chi connectivity index (χ0n) is 11.5. The molecule has 6 nitrogen and oxygen atoms in total. The Kier molecular flexibility index (Phi) is 4.47. The van der Waals surface area contributed by atoms with Gasteiger partial charge < -0.3 is 9.63 Å². The maximum atomic E-state index is 10.7. The molecule has 0 aliphatic heterocycles. The number of hydrogen-bond donors (Lipinski definition) is 1. The molecule has 0 saturated heterocycles. The van der Waals surface area contributed by atoms with E-state index in [9.17, 15) is 4.79 Å². The second-order valence-electron chi connectivity index (χ2n) is 4.57. The van der Waals surface area contributed by atoms with Crippen molar-refractivity contribution in [2.75, 3.05) is 13.1 Å². The summed E-state index contributed by atoms with van der Waals surface area (Å²) < 4.78 is 5.17. The molecule has 1 heterocycles. The van der Waals surface area contributed by atoms with Gasteiger partial charge in [0.25, 0.3) is 0 Å². The van der Waals surface area contributed by atoms with E-state index in [0.29, 0.717) is 24.8 Å². The topological polar surface area (TPSA) is 79.5 Å². The van der Waals surface area contributed by atoms with Crippen molar-refractivity contribution in [2.45, 2.75) is 20.4 Å². The fraction of sp³-hybridized carbons (Fsp3) is 0.357. The standard InChI is InChI=1S/C14H17N3O3/c1-3-17(9-13(18)19)8-12-15-14(16-20-12)11-6-4-10(2)5-7-11/h4-7H,3,8-9H2,1-2H3,(H,18,19). The van der Waals surface area contributed by atoms with E-state index in [-0.39, 0.29) is 6.54 Å². The van der Waals surface area contributed by atoms with Crippen LogP contribution in [0.25, 0.3) is 11.4 Å². The van der Waals surface area contributed by atoms with Crippen molar-refractivity contribution >= 4 is 5.97 Å². The third kappa shape index (κ3) is 3.64. The Labute approximate surface area is 117 Å². The smallest absolute Gasteiger partial charge is 0.317 e. The van der Waals surface area contributed by atoms with Gasteiger partial charge in [-0.25, -0.2) is 0 Å². The van der Waals surface area contributed by atoms with E-state index in [4.69, 9.17) is 9.63 Å². The van der Waals surface area contributed by atoms with Crippen molar-refractivity contribution in [1.82, 2.24) is 15.0 Å². The highest BCUT2D eigenvalue weighted by molar-refractivity contribution is 5.69. The molecule has 2 rings (SSSR count). The van der Waals surface area contributed by atoms with E-state index in [1.165, 1.54) is 0 Å². The first-order valence-electron chi connectivity index (χ1n) is 6.42. The molecule has 1 aromatic heterocycles. The van der Waals surface area contributed by atoms with Crippen molar-refractivity contribution < 1.29 is 14.4 Å². The van der Waals surface area contributed by atoms with Crippen molar-refractivity contribution in [3.8, 4) is 11.4 Å². The summed E-state index contributed by atoms with van der Waals surface area (Å²) in [5.41, 5.74) is 2.04. The Morgan fingerprint density at radius 1 is 1.35 bits per heavy atom. The molecule has 0 atom stereocenters. The molecule has 20 heavy (non-hydrogen) atoms. The van der Waals surface area contributed by atoms with Crippen molar-refractivity contribution in [3.63, 3.8) is 0 Å². The average molecular weight is 275 g/mol. The number of carboxylic acid groups (broad SMARTS) is 1. The monoisotopic (exact) mass is 275 g/mol. The molecule has 0 unspecified atom stereocenters. The number of likely N-dealkylation sites (N-methyl/N-ethyl adjacent to an activating group) is 1. The van der Waals surface area contributed by atoms with Crippen LogP contribution in [0.4, 0.5) is 0 Å². The molecule has 1 aromatic carbocycles. The lowest BCUT2D eigenvalue weighted by molar-refractivity contribution is -0.138. The molecule has 0 saturated carbocycles. The second-order valence-corrected chi connectivity index (χ2v) is 4.57. The molecular formula is C14H17N3O3. The SMILES string of the molecule is CCN(CC(=O)O)Cc1nc(-c2ccc(C)cc2)no1. The minimum Gasteiger partial charge on any atom is -0.480 e. The Balaban J connectivity index is 2.08. The summed E-state index contributed by atoms with van der Waals surface area (Å²) in [6, 6.07) is 7.82. The highest BCUT2D eigenvalue weighted by atomic mass is 16.5. The van der Waals surface area contributed by atoms with Gasteiger partial charge in [0, 0.05) is 5.56 Å². The first-order chi connectivity index (χ1) is 9.58. The van der Waals surface area contributed by atoms with Crippen LogP contribution >= 0.6 is 0 Å². The number of nitrogens with zero attached hydrogens (tertiary/aromatic N) is 3. The van der Waals surface area contributed by atoms with Crippen LogP contribution < -0.4 is 0 Å². The predicted octanol–water partition coefficient (Wildman–Crippen LogP) is 1.95. The number of hydrogen-bond acceptors (Lipinski definition) is 5. The van der Waals surface area contributed by atoms with Gasteiger partial charge in [0.05, 0.1) is 13.1 Å². The largest absolute Gasteiger partial charge is 0.480 e. The van der Waals surface area contributed by atoms with Gasteiger partial charge in [0.1, 0.15) is 0 Å². The van der Waals surface area contributed by atoms with E-state index in [0.717, 1.165) is 11.1 Å². The summed E-state index contributed by atoms with van der Waals surface area (Å²) in [6.07, 6.45) is 0. The molecule has 0 amide bonds. The van der Waals surface area contributed by atoms with Gasteiger partial charge in [-0.15, -0.1) is 0 Å². The van der Waals surface area contributed by atoms with Crippen LogP contribution in [0.5, 0.6) is 0 Å². The molecule has 2 aromatic rings. The van der Waals surface area contributed by atoms with Gasteiger partial charge >= 0.3 is 5.97 Å². The summed E-state index contributed by atoms with van der Waals surface area (Å²) in [5, 5.41) is 12.7. The third-order valence-corrected chi connectivity index (χ3v) is 2.94. The quantitative estimate of drug-likeness (QED) is 0.868. The molecule has 106 valence electrons. The molecule has 0 spiro atoms. The van der Waals surface area contributed by atoms with Crippen LogP contribution in [-0.2, 0) is 11.3 Å². The summed E-state index contributed by atoms with van der Waals surface area (Å²) in [6.45, 7) is 4.80. The van der Waals surface area contributed by atoms with Crippen LogP contribution in [0.15, 0.2) is 28.8 Å². The Morgan fingerprint density at radius 3 is 2.65 bits per heavy atom. The molecule has 6 heteroatoms. The number of aromatic nitrogens is 2. The number of aryl methyl sites for hydroxylation is 1. The van der Waals surface area contributed by atoms with Crippen LogP contribution in [0.1, 0.15) is 18.4 Å². The molecule has 0 aliphatic carbocycles. The predicted molar refractivity (Wildman–Crippen MR) is 73.1 cm³/mol. The lowest BCUT2D eigenvalue weighted by Crippen LogP contribution is -2.29. The molecule has 0 bridgehead atoms. The maximum absolute atomic E-state index is 10.7. The zero-order valence-corrected chi connectivity index (χ0v) is 11.5. The minimum atomic E-state index is -0.870. The second kappa shape index (κ2) is 6.29. The van der Waals surface area contributed by atoms with Gasteiger partial charge in [-0.1, -0.05) is 41.9 Å². The Bertz CT molecular complexity index is 578. The highest BCUT2D eigenvalue weighted by Gasteiger charge is 2.14. The number of aliphatic carboxylic acids is 1. The van der Waals surface area contributed by atoms with Crippen LogP contribution in [0.2, 0.25) is 0 Å². The number of rotatable bonds is 6. The molecule has 0 radical (unpaired) electrons. The van der Waals surface area contributed by atoms with E-state index < -0.39 is 5.97 Å².